The van der Waals surface area contributed by atoms with Gasteiger partial charge >= 0.3 is 5.97 Å². The Morgan fingerprint density at radius 2 is 2.19 bits per heavy atom. The summed E-state index contributed by atoms with van der Waals surface area (Å²) in [6.07, 6.45) is 4.74. The molecule has 0 amide bonds. The van der Waals surface area contributed by atoms with Gasteiger partial charge in [-0.3, -0.25) is 4.79 Å². The number of hydrogen-bond acceptors (Lipinski definition) is 3. The third kappa shape index (κ3) is 4.94. The number of aliphatic carboxylic acids is 1. The van der Waals surface area contributed by atoms with Crippen molar-refractivity contribution in [3.05, 3.63) is 0 Å². The van der Waals surface area contributed by atoms with Gasteiger partial charge in [0.2, 0.25) is 0 Å². The molecule has 0 unspecified atom stereocenters. The molecule has 16 heavy (non-hydrogen) atoms. The molecule has 1 rings (SSSR count). The molecule has 0 aliphatic carbocycles. The zero-order valence-corrected chi connectivity index (χ0v) is 10.4. The van der Waals surface area contributed by atoms with Gasteiger partial charge in [0.15, 0.2) is 0 Å². The van der Waals surface area contributed by atoms with Crippen LogP contribution < -0.4 is 5.32 Å². The highest BCUT2D eigenvalue weighted by molar-refractivity contribution is 5.67. The van der Waals surface area contributed by atoms with Crippen LogP contribution in [0.15, 0.2) is 0 Å². The van der Waals surface area contributed by atoms with Crippen LogP contribution in [-0.2, 0) is 4.79 Å². The van der Waals surface area contributed by atoms with E-state index in [-0.39, 0.29) is 0 Å². The van der Waals surface area contributed by atoms with Gasteiger partial charge in [-0.2, -0.15) is 0 Å². The van der Waals surface area contributed by atoms with Gasteiger partial charge in [-0.15, -0.1) is 0 Å². The maximum atomic E-state index is 10.8. The summed E-state index contributed by atoms with van der Waals surface area (Å²) in [5.74, 6) is -0.358. The largest absolute Gasteiger partial charge is 0.481 e. The zero-order valence-electron chi connectivity index (χ0n) is 10.4. The van der Waals surface area contributed by atoms with Crippen molar-refractivity contribution in [2.24, 2.45) is 5.92 Å². The molecule has 94 valence electrons. The monoisotopic (exact) mass is 228 g/mol. The van der Waals surface area contributed by atoms with E-state index in [1.807, 2.05) is 0 Å². The summed E-state index contributed by atoms with van der Waals surface area (Å²) in [5, 5.41) is 12.4. The maximum absolute atomic E-state index is 10.8. The van der Waals surface area contributed by atoms with Gasteiger partial charge in [-0.1, -0.05) is 6.42 Å². The molecule has 1 aliphatic heterocycles. The van der Waals surface area contributed by atoms with Crippen LogP contribution >= 0.6 is 0 Å². The lowest BCUT2D eigenvalue weighted by atomic mass is 9.90. The van der Waals surface area contributed by atoms with Crippen LogP contribution in [0.3, 0.4) is 0 Å². The van der Waals surface area contributed by atoms with E-state index in [1.165, 1.54) is 6.42 Å². The van der Waals surface area contributed by atoms with E-state index in [4.69, 9.17) is 5.11 Å². The number of rotatable bonds is 5. The minimum Gasteiger partial charge on any atom is -0.481 e. The van der Waals surface area contributed by atoms with Crippen molar-refractivity contribution in [3.63, 3.8) is 0 Å². The molecule has 2 N–H and O–H groups in total. The number of carboxylic acid groups (broad SMARTS) is 1. The normalized spacial score (nSPS) is 26.7. The van der Waals surface area contributed by atoms with E-state index in [1.54, 1.807) is 0 Å². The molecule has 1 heterocycles. The highest BCUT2D eigenvalue weighted by Gasteiger charge is 2.25. The molecule has 0 radical (unpaired) electrons. The van der Waals surface area contributed by atoms with Gasteiger partial charge in [-0.05, 0) is 52.4 Å². The Hall–Kier alpha value is -0.610. The lowest BCUT2D eigenvalue weighted by Gasteiger charge is -2.25. The quantitative estimate of drug-likeness (QED) is 0.741. The summed E-state index contributed by atoms with van der Waals surface area (Å²) in [5.41, 5.74) is 0. The molecule has 2 atom stereocenters. The van der Waals surface area contributed by atoms with Gasteiger partial charge < -0.3 is 15.3 Å². The maximum Gasteiger partial charge on any atom is 0.303 e. The molecule has 0 aromatic rings. The van der Waals surface area contributed by atoms with Crippen LogP contribution in [0.4, 0.5) is 0 Å². The van der Waals surface area contributed by atoms with Crippen LogP contribution in [0, 0.1) is 5.92 Å². The third-order valence-electron chi connectivity index (χ3n) is 3.30. The molecule has 1 saturated heterocycles. The van der Waals surface area contributed by atoms with Gasteiger partial charge in [0, 0.05) is 12.5 Å². The van der Waals surface area contributed by atoms with Gasteiger partial charge in [0.25, 0.3) is 0 Å². The van der Waals surface area contributed by atoms with E-state index >= 15 is 0 Å². The van der Waals surface area contributed by atoms with Crippen molar-refractivity contribution in [1.82, 2.24) is 10.2 Å². The van der Waals surface area contributed by atoms with Crippen LogP contribution in [0.25, 0.3) is 0 Å². The second-order valence-electron chi connectivity index (χ2n) is 5.01. The topological polar surface area (TPSA) is 52.6 Å². The summed E-state index contributed by atoms with van der Waals surface area (Å²) >= 11 is 0. The van der Waals surface area contributed by atoms with Gasteiger partial charge in [-0.25, -0.2) is 0 Å². The lowest BCUT2D eigenvalue weighted by molar-refractivity contribution is -0.138. The van der Waals surface area contributed by atoms with E-state index < -0.39 is 5.97 Å². The molecule has 0 saturated carbocycles. The van der Waals surface area contributed by atoms with Crippen molar-refractivity contribution in [1.29, 1.82) is 0 Å². The first-order valence-electron chi connectivity index (χ1n) is 6.19. The van der Waals surface area contributed by atoms with Crippen LogP contribution in [-0.4, -0.2) is 49.2 Å². The highest BCUT2D eigenvalue weighted by Crippen LogP contribution is 2.22. The Morgan fingerprint density at radius 3 is 2.81 bits per heavy atom. The number of nitrogens with zero attached hydrogens (tertiary/aromatic N) is 1. The van der Waals surface area contributed by atoms with E-state index in [0.29, 0.717) is 18.4 Å². The average Bonchev–Trinajstić information content (AvgIpc) is 2.39. The van der Waals surface area contributed by atoms with E-state index in [9.17, 15) is 4.79 Å². The first-order chi connectivity index (χ1) is 7.59. The summed E-state index contributed by atoms with van der Waals surface area (Å²) < 4.78 is 0. The van der Waals surface area contributed by atoms with Crippen molar-refractivity contribution in [2.45, 2.75) is 38.1 Å². The minimum atomic E-state index is -0.663. The van der Waals surface area contributed by atoms with Crippen molar-refractivity contribution in [2.75, 3.05) is 27.2 Å². The lowest BCUT2D eigenvalue weighted by Crippen LogP contribution is -2.38. The van der Waals surface area contributed by atoms with Crippen LogP contribution in [0.2, 0.25) is 0 Å². The predicted octanol–water partition coefficient (Wildman–Crippen LogP) is 1.17. The fourth-order valence-electron chi connectivity index (χ4n) is 2.39. The Bertz CT molecular complexity index is 219. The molecule has 0 bridgehead atoms. The third-order valence-corrected chi connectivity index (χ3v) is 3.30. The molecule has 4 nitrogen and oxygen atoms in total. The standard InChI is InChI=1S/C12H24N2O2/c1-14(2)8-6-11-10(9-12(15)16)5-3-4-7-13-11/h10-11,13H,3-9H2,1-2H3,(H,15,16)/t10-,11-/m1/s1. The molecule has 0 spiro atoms. The summed E-state index contributed by atoms with van der Waals surface area (Å²) in [6, 6.07) is 0.376. The number of hydrogen-bond donors (Lipinski definition) is 2. The smallest absolute Gasteiger partial charge is 0.303 e. The van der Waals surface area contributed by atoms with Gasteiger partial charge in [0.1, 0.15) is 0 Å². The SMILES string of the molecule is CN(C)CC[C@H]1NCCCC[C@@H]1CC(=O)O. The van der Waals surface area contributed by atoms with E-state index in [2.05, 4.69) is 24.3 Å². The fraction of sp³-hybridized carbons (Fsp3) is 0.917. The summed E-state index contributed by atoms with van der Waals surface area (Å²) in [7, 11) is 4.12. The molecular weight excluding hydrogens is 204 g/mol. The Kier molecular flexibility index (Phi) is 5.77. The molecular formula is C12H24N2O2. The average molecular weight is 228 g/mol. The predicted molar refractivity (Wildman–Crippen MR) is 64.6 cm³/mol. The van der Waals surface area contributed by atoms with Crippen molar-refractivity contribution < 1.29 is 9.90 Å². The van der Waals surface area contributed by atoms with Crippen molar-refractivity contribution >= 4 is 5.97 Å². The second kappa shape index (κ2) is 6.86. The van der Waals surface area contributed by atoms with Crippen LogP contribution in [0.1, 0.15) is 32.1 Å². The highest BCUT2D eigenvalue weighted by atomic mass is 16.4. The van der Waals surface area contributed by atoms with E-state index in [0.717, 1.165) is 32.4 Å². The van der Waals surface area contributed by atoms with Crippen LogP contribution in [0.5, 0.6) is 0 Å². The minimum absolute atomic E-state index is 0.306. The Balaban J connectivity index is 2.47. The fourth-order valence-corrected chi connectivity index (χ4v) is 2.39. The first kappa shape index (κ1) is 13.5. The molecule has 0 aromatic heterocycles. The Morgan fingerprint density at radius 1 is 1.44 bits per heavy atom. The van der Waals surface area contributed by atoms with Crippen molar-refractivity contribution in [3.8, 4) is 0 Å². The molecule has 4 heteroatoms. The summed E-state index contributed by atoms with van der Waals surface area (Å²) in [4.78, 5) is 13.0. The Labute approximate surface area is 98.0 Å². The molecule has 1 fully saturated rings. The number of carbonyl (C=O) groups is 1. The number of nitrogens with one attached hydrogen (secondary N) is 1. The van der Waals surface area contributed by atoms with Gasteiger partial charge in [0.05, 0.1) is 0 Å². The number of carboxylic acids is 1. The summed E-state index contributed by atoms with van der Waals surface area (Å²) in [6.45, 7) is 2.06. The molecule has 1 aliphatic rings. The molecule has 0 aromatic carbocycles. The second-order valence-corrected chi connectivity index (χ2v) is 5.01. The first-order valence-corrected chi connectivity index (χ1v) is 6.19. The zero-order chi connectivity index (χ0) is 12.0.